The molecule has 0 fully saturated rings. The number of aliphatic hydroxyl groups is 1. The van der Waals surface area contributed by atoms with Crippen molar-refractivity contribution in [3.63, 3.8) is 0 Å². The summed E-state index contributed by atoms with van der Waals surface area (Å²) in [6.07, 6.45) is 1.28. The molecule has 0 heterocycles. The fourth-order valence-corrected chi connectivity index (χ4v) is 2.19. The lowest BCUT2D eigenvalue weighted by atomic mass is 10.1. The normalized spacial score (nSPS) is 9.33. The van der Waals surface area contributed by atoms with Gasteiger partial charge in [-0.05, 0) is 19.8 Å². The first-order valence-electron chi connectivity index (χ1n) is 11.0. The van der Waals surface area contributed by atoms with E-state index in [1.165, 1.54) is 0 Å². The first kappa shape index (κ1) is 29.7. The van der Waals surface area contributed by atoms with Crippen molar-refractivity contribution in [1.82, 2.24) is 0 Å². The molecular weight excluding hydrogens is 424 g/mol. The molecule has 0 aliphatic heterocycles. The van der Waals surface area contributed by atoms with Gasteiger partial charge in [0.2, 0.25) is 0 Å². The Morgan fingerprint density at radius 3 is 1.39 bits per heavy atom. The van der Waals surface area contributed by atoms with Crippen molar-refractivity contribution in [2.24, 2.45) is 0 Å². The molecule has 2 rings (SSSR count). The molecule has 0 amide bonds. The molecule has 180 valence electrons. The average molecular weight is 459 g/mol. The Morgan fingerprint density at radius 1 is 0.667 bits per heavy atom. The number of Topliss-reactive ketones (excluding diaryl/α,β-unsaturated/α-hetero) is 2. The van der Waals surface area contributed by atoms with Crippen LogP contribution in [0.25, 0.3) is 0 Å². The minimum Gasteiger partial charge on any atom is -0.466 e. The van der Waals surface area contributed by atoms with Crippen LogP contribution in [-0.4, -0.2) is 48.4 Å². The van der Waals surface area contributed by atoms with Gasteiger partial charge in [0.05, 0.1) is 13.2 Å². The van der Waals surface area contributed by atoms with Crippen LogP contribution in [0.1, 0.15) is 67.2 Å². The number of esters is 2. The molecule has 0 saturated heterocycles. The van der Waals surface area contributed by atoms with Gasteiger partial charge in [-0.25, -0.2) is 0 Å². The van der Waals surface area contributed by atoms with Gasteiger partial charge in [0, 0.05) is 17.7 Å². The Labute approximate surface area is 195 Å². The number of benzene rings is 2. The lowest BCUT2D eigenvalue weighted by Gasteiger charge is -2.02. The van der Waals surface area contributed by atoms with Crippen LogP contribution in [0, 0.1) is 0 Å². The summed E-state index contributed by atoms with van der Waals surface area (Å²) in [5.41, 5.74) is 1.09. The smallest absolute Gasteiger partial charge is 0.313 e. The van der Waals surface area contributed by atoms with E-state index < -0.39 is 11.9 Å². The third kappa shape index (κ3) is 15.2. The molecule has 33 heavy (non-hydrogen) atoms. The zero-order valence-electron chi connectivity index (χ0n) is 19.6. The number of hydrogen-bond donors (Lipinski definition) is 1. The summed E-state index contributed by atoms with van der Waals surface area (Å²) in [6.45, 7) is 6.55. The van der Waals surface area contributed by atoms with Crippen LogP contribution in [0.15, 0.2) is 60.7 Å². The van der Waals surface area contributed by atoms with E-state index in [9.17, 15) is 19.2 Å². The molecule has 0 radical (unpaired) electrons. The molecule has 0 aliphatic rings. The maximum atomic E-state index is 11.5. The Hall–Kier alpha value is -3.32. The van der Waals surface area contributed by atoms with Gasteiger partial charge in [0.1, 0.15) is 12.8 Å². The molecule has 2 aromatic carbocycles. The van der Waals surface area contributed by atoms with Crippen LogP contribution in [0.4, 0.5) is 0 Å². The van der Waals surface area contributed by atoms with Gasteiger partial charge >= 0.3 is 11.9 Å². The number of carbonyl (C=O) groups is 4. The zero-order chi connectivity index (χ0) is 24.9. The molecule has 0 spiro atoms. The quantitative estimate of drug-likeness (QED) is 0.319. The van der Waals surface area contributed by atoms with Gasteiger partial charge < -0.3 is 14.6 Å². The average Bonchev–Trinajstić information content (AvgIpc) is 2.84. The third-order valence-corrected chi connectivity index (χ3v) is 3.80. The first-order valence-corrected chi connectivity index (χ1v) is 11.0. The molecule has 0 aliphatic carbocycles. The lowest BCUT2D eigenvalue weighted by molar-refractivity contribution is -0.143. The topological polar surface area (TPSA) is 107 Å². The number of aliphatic hydroxyl groups excluding tert-OH is 1. The predicted octanol–water partition coefficient (Wildman–Crippen LogP) is 4.42. The number of hydrogen-bond acceptors (Lipinski definition) is 7. The Kier molecular flexibility index (Phi) is 17.4. The highest BCUT2D eigenvalue weighted by atomic mass is 16.5. The van der Waals surface area contributed by atoms with Crippen LogP contribution < -0.4 is 0 Å². The standard InChI is InChI=1S/C12H14O3.C11H12O3.C3H8O/c1-2-8-15-12(14)9-11(13)10-6-4-3-5-7-10;1-2-14-11(13)8-10(12)9-6-4-3-5-7-9;1-2-3-4/h3-7H,2,8-9H2,1H3;3-7H,2,8H2,1H3;4H,2-3H2,1H3. The minimum atomic E-state index is -0.471. The molecule has 0 saturated carbocycles. The third-order valence-electron chi connectivity index (χ3n) is 3.80. The maximum Gasteiger partial charge on any atom is 0.313 e. The van der Waals surface area contributed by atoms with Crippen molar-refractivity contribution < 1.29 is 33.8 Å². The number of ketones is 2. The highest BCUT2D eigenvalue weighted by molar-refractivity contribution is 6.06. The highest BCUT2D eigenvalue weighted by Crippen LogP contribution is 2.04. The van der Waals surface area contributed by atoms with E-state index in [2.05, 4.69) is 4.74 Å². The Balaban J connectivity index is 0.000000536. The lowest BCUT2D eigenvalue weighted by Crippen LogP contribution is -2.11. The van der Waals surface area contributed by atoms with Crippen molar-refractivity contribution in [2.45, 2.75) is 46.5 Å². The predicted molar refractivity (Wildman–Crippen MR) is 126 cm³/mol. The van der Waals surface area contributed by atoms with Crippen LogP contribution >= 0.6 is 0 Å². The molecule has 1 N–H and O–H groups in total. The van der Waals surface area contributed by atoms with Gasteiger partial charge in [0.15, 0.2) is 11.6 Å². The molecule has 7 nitrogen and oxygen atoms in total. The van der Waals surface area contributed by atoms with E-state index in [1.807, 2.05) is 26.0 Å². The summed E-state index contributed by atoms with van der Waals surface area (Å²) in [6, 6.07) is 17.5. The second kappa shape index (κ2) is 19.4. The van der Waals surface area contributed by atoms with Gasteiger partial charge in [0.25, 0.3) is 0 Å². The summed E-state index contributed by atoms with van der Waals surface area (Å²) in [4.78, 5) is 45.1. The Bertz CT molecular complexity index is 815. The van der Waals surface area contributed by atoms with Crippen LogP contribution in [0.2, 0.25) is 0 Å². The monoisotopic (exact) mass is 458 g/mol. The van der Waals surface area contributed by atoms with Crippen LogP contribution in [0.3, 0.4) is 0 Å². The van der Waals surface area contributed by atoms with E-state index in [1.54, 1.807) is 55.5 Å². The molecular formula is C26H34O7. The van der Waals surface area contributed by atoms with Crippen LogP contribution in [-0.2, 0) is 19.1 Å². The van der Waals surface area contributed by atoms with E-state index in [0.717, 1.165) is 12.8 Å². The zero-order valence-corrected chi connectivity index (χ0v) is 19.6. The number of rotatable bonds is 10. The summed E-state index contributed by atoms with van der Waals surface area (Å²) in [5, 5.41) is 7.88. The molecule has 0 aromatic heterocycles. The van der Waals surface area contributed by atoms with Gasteiger partial charge in [-0.3, -0.25) is 19.2 Å². The number of ether oxygens (including phenoxy) is 2. The van der Waals surface area contributed by atoms with Gasteiger partial charge in [-0.1, -0.05) is 74.5 Å². The van der Waals surface area contributed by atoms with Crippen molar-refractivity contribution in [3.05, 3.63) is 71.8 Å². The van der Waals surface area contributed by atoms with E-state index in [-0.39, 0.29) is 24.4 Å². The van der Waals surface area contributed by atoms with E-state index in [4.69, 9.17) is 9.84 Å². The maximum absolute atomic E-state index is 11.5. The molecule has 0 atom stereocenters. The van der Waals surface area contributed by atoms with Crippen LogP contribution in [0.5, 0.6) is 0 Å². The molecule has 0 bridgehead atoms. The molecule has 2 aromatic rings. The van der Waals surface area contributed by atoms with Gasteiger partial charge in [-0.15, -0.1) is 0 Å². The van der Waals surface area contributed by atoms with Crippen molar-refractivity contribution >= 4 is 23.5 Å². The number of carbonyl (C=O) groups excluding carboxylic acids is 4. The molecule has 7 heteroatoms. The fraction of sp³-hybridized carbons (Fsp3) is 0.385. The summed E-state index contributed by atoms with van der Waals surface area (Å²) in [5.74, 6) is -1.33. The summed E-state index contributed by atoms with van der Waals surface area (Å²) < 4.78 is 9.50. The highest BCUT2D eigenvalue weighted by Gasteiger charge is 2.12. The van der Waals surface area contributed by atoms with E-state index in [0.29, 0.717) is 30.9 Å². The Morgan fingerprint density at radius 2 is 1.06 bits per heavy atom. The largest absolute Gasteiger partial charge is 0.466 e. The molecule has 0 unspecified atom stereocenters. The van der Waals surface area contributed by atoms with Gasteiger partial charge in [-0.2, -0.15) is 0 Å². The van der Waals surface area contributed by atoms with Crippen molar-refractivity contribution in [2.75, 3.05) is 19.8 Å². The SMILES string of the molecule is CCCO.CCCOC(=O)CC(=O)c1ccccc1.CCOC(=O)CC(=O)c1ccccc1. The summed E-state index contributed by atoms with van der Waals surface area (Å²) >= 11 is 0. The van der Waals surface area contributed by atoms with Crippen molar-refractivity contribution in [1.29, 1.82) is 0 Å². The first-order chi connectivity index (χ1) is 15.9. The van der Waals surface area contributed by atoms with E-state index >= 15 is 0 Å². The second-order valence-corrected chi connectivity index (χ2v) is 6.68. The summed E-state index contributed by atoms with van der Waals surface area (Å²) in [7, 11) is 0. The minimum absolute atomic E-state index is 0.177. The fourth-order valence-electron chi connectivity index (χ4n) is 2.19. The second-order valence-electron chi connectivity index (χ2n) is 6.68. The van der Waals surface area contributed by atoms with Crippen molar-refractivity contribution in [3.8, 4) is 0 Å².